The summed E-state index contributed by atoms with van der Waals surface area (Å²) in [6.45, 7) is 8.66. The highest BCUT2D eigenvalue weighted by molar-refractivity contribution is 7.98. The molecule has 3 rings (SSSR count). The summed E-state index contributed by atoms with van der Waals surface area (Å²) in [4.78, 5) is 9.12. The molecule has 6 nitrogen and oxygen atoms in total. The molecule has 0 spiro atoms. The molecule has 0 aliphatic rings. The molecule has 3 aromatic rings. The topological polar surface area (TPSA) is 65.2 Å². The summed E-state index contributed by atoms with van der Waals surface area (Å²) in [5.41, 5.74) is 2.82. The van der Waals surface area contributed by atoms with E-state index in [1.807, 2.05) is 38.2 Å². The Bertz CT molecular complexity index is 813. The van der Waals surface area contributed by atoms with E-state index in [-0.39, 0.29) is 6.10 Å². The second-order valence-corrected chi connectivity index (χ2v) is 7.02. The Morgan fingerprint density at radius 3 is 2.91 bits per heavy atom. The van der Waals surface area contributed by atoms with E-state index in [0.29, 0.717) is 6.61 Å². The zero-order valence-corrected chi connectivity index (χ0v) is 15.2. The number of aromatic nitrogens is 5. The third-order valence-electron chi connectivity index (χ3n) is 3.34. The molecule has 0 saturated heterocycles. The molecule has 0 aliphatic heterocycles. The smallest absolute Gasteiger partial charge is 0.197 e. The highest BCUT2D eigenvalue weighted by Gasteiger charge is 2.13. The lowest BCUT2D eigenvalue weighted by atomic mass is 10.4. The molecule has 0 aromatic carbocycles. The van der Waals surface area contributed by atoms with Gasteiger partial charge in [-0.3, -0.25) is 4.40 Å². The largest absolute Gasteiger partial charge is 0.372 e. The van der Waals surface area contributed by atoms with Crippen LogP contribution in [0, 0.1) is 13.8 Å². The Morgan fingerprint density at radius 1 is 1.30 bits per heavy atom. The minimum atomic E-state index is 0.0482. The van der Waals surface area contributed by atoms with Gasteiger partial charge in [0.05, 0.1) is 5.69 Å². The number of ether oxygens (including phenoxy) is 1. The molecule has 0 N–H and O–H groups in total. The first-order valence-electron chi connectivity index (χ1n) is 7.46. The average molecular weight is 349 g/mol. The maximum Gasteiger partial charge on any atom is 0.197 e. The highest BCUT2D eigenvalue weighted by atomic mass is 32.2. The van der Waals surface area contributed by atoms with Gasteiger partial charge in [-0.25, -0.2) is 9.97 Å². The molecule has 0 fully saturated rings. The number of nitrogens with zero attached hydrogens (tertiary/aromatic N) is 5. The molecule has 0 aliphatic carbocycles. The predicted octanol–water partition coefficient (Wildman–Crippen LogP) is 3.59. The minimum absolute atomic E-state index is 0.0482. The van der Waals surface area contributed by atoms with Crippen LogP contribution in [0.25, 0.3) is 5.65 Å². The lowest BCUT2D eigenvalue weighted by Crippen LogP contribution is -1.99. The van der Waals surface area contributed by atoms with E-state index in [9.17, 15) is 0 Å². The second kappa shape index (κ2) is 6.94. The normalized spacial score (nSPS) is 12.9. The molecular formula is C15H19N5OS2. The van der Waals surface area contributed by atoms with Crippen LogP contribution in [0.1, 0.15) is 42.2 Å². The molecule has 122 valence electrons. The predicted molar refractivity (Wildman–Crippen MR) is 92.0 cm³/mol. The van der Waals surface area contributed by atoms with Crippen molar-refractivity contribution < 1.29 is 4.74 Å². The average Bonchev–Trinajstić information content (AvgIpc) is 3.12. The van der Waals surface area contributed by atoms with Gasteiger partial charge in [0.15, 0.2) is 10.8 Å². The van der Waals surface area contributed by atoms with Crippen molar-refractivity contribution in [2.24, 2.45) is 0 Å². The molecule has 8 heteroatoms. The van der Waals surface area contributed by atoms with Crippen molar-refractivity contribution in [3.8, 4) is 0 Å². The van der Waals surface area contributed by atoms with E-state index in [1.165, 1.54) is 0 Å². The Labute approximate surface area is 143 Å². The van der Waals surface area contributed by atoms with Gasteiger partial charge in [0.2, 0.25) is 0 Å². The van der Waals surface area contributed by atoms with Gasteiger partial charge < -0.3 is 4.74 Å². The fourth-order valence-corrected chi connectivity index (χ4v) is 4.14. The quantitative estimate of drug-likeness (QED) is 0.634. The summed E-state index contributed by atoms with van der Waals surface area (Å²) >= 11 is 3.26. The molecule has 3 aromatic heterocycles. The number of hydrogen-bond acceptors (Lipinski definition) is 7. The monoisotopic (exact) mass is 349 g/mol. The summed E-state index contributed by atoms with van der Waals surface area (Å²) in [6, 6.07) is 1.94. The summed E-state index contributed by atoms with van der Waals surface area (Å²) in [6.07, 6.45) is 0.0482. The highest BCUT2D eigenvalue weighted by Crippen LogP contribution is 2.26. The fourth-order valence-electron chi connectivity index (χ4n) is 2.33. The molecule has 0 bridgehead atoms. The molecule has 23 heavy (non-hydrogen) atoms. The maximum atomic E-state index is 5.58. The van der Waals surface area contributed by atoms with E-state index < -0.39 is 0 Å². The number of thiazole rings is 1. The van der Waals surface area contributed by atoms with Crippen molar-refractivity contribution in [3.63, 3.8) is 0 Å². The van der Waals surface area contributed by atoms with Gasteiger partial charge in [0, 0.05) is 29.5 Å². The standard InChI is InChI=1S/C15H19N5OS2/c1-5-21-10(3)14-17-12(7-22-14)8-23-15-19-18-13-6-9(2)16-11(4)20(13)15/h6-7,10H,5,8H2,1-4H3. The number of rotatable bonds is 6. The molecule has 3 heterocycles. The SMILES string of the molecule is CCOC(C)c1nc(CSc2nnc3cc(C)nc(C)n23)cs1. The Kier molecular flexibility index (Phi) is 4.93. The van der Waals surface area contributed by atoms with Crippen LogP contribution in [-0.4, -0.2) is 31.2 Å². The first-order valence-corrected chi connectivity index (χ1v) is 9.33. The van der Waals surface area contributed by atoms with Gasteiger partial charge in [-0.1, -0.05) is 11.8 Å². The first kappa shape index (κ1) is 16.4. The van der Waals surface area contributed by atoms with Crippen LogP contribution in [0.4, 0.5) is 0 Å². The molecule has 1 unspecified atom stereocenters. The van der Waals surface area contributed by atoms with Crippen LogP contribution < -0.4 is 0 Å². The van der Waals surface area contributed by atoms with Gasteiger partial charge in [-0.2, -0.15) is 0 Å². The summed E-state index contributed by atoms with van der Waals surface area (Å²) in [7, 11) is 0. The summed E-state index contributed by atoms with van der Waals surface area (Å²) in [5, 5.41) is 12.4. The van der Waals surface area contributed by atoms with E-state index in [0.717, 1.165) is 38.8 Å². The third kappa shape index (κ3) is 3.54. The first-order chi connectivity index (χ1) is 11.1. The number of fused-ring (bicyclic) bond motifs is 1. The Hall–Kier alpha value is -1.51. The van der Waals surface area contributed by atoms with Gasteiger partial charge in [-0.15, -0.1) is 21.5 Å². The fraction of sp³-hybridized carbons (Fsp3) is 0.467. The van der Waals surface area contributed by atoms with Gasteiger partial charge in [0.1, 0.15) is 16.9 Å². The van der Waals surface area contributed by atoms with Crippen LogP contribution in [0.2, 0.25) is 0 Å². The van der Waals surface area contributed by atoms with E-state index >= 15 is 0 Å². The zero-order valence-electron chi connectivity index (χ0n) is 13.6. The maximum absolute atomic E-state index is 5.58. The molecule has 0 saturated carbocycles. The van der Waals surface area contributed by atoms with Gasteiger partial charge in [-0.05, 0) is 27.7 Å². The van der Waals surface area contributed by atoms with E-state index in [4.69, 9.17) is 4.74 Å². The van der Waals surface area contributed by atoms with E-state index in [2.05, 4.69) is 25.5 Å². The van der Waals surface area contributed by atoms with Crippen LogP contribution >= 0.6 is 23.1 Å². The summed E-state index contributed by atoms with van der Waals surface area (Å²) in [5.74, 6) is 1.65. The van der Waals surface area contributed by atoms with Crippen LogP contribution in [0.15, 0.2) is 16.6 Å². The lowest BCUT2D eigenvalue weighted by molar-refractivity contribution is 0.0761. The van der Waals surface area contributed by atoms with Crippen molar-refractivity contribution >= 4 is 28.7 Å². The number of aryl methyl sites for hydroxylation is 2. The Balaban J connectivity index is 1.74. The zero-order chi connectivity index (χ0) is 16.4. The lowest BCUT2D eigenvalue weighted by Gasteiger charge is -2.07. The molecule has 0 amide bonds. The van der Waals surface area contributed by atoms with Gasteiger partial charge >= 0.3 is 0 Å². The van der Waals surface area contributed by atoms with Crippen LogP contribution in [0.3, 0.4) is 0 Å². The Morgan fingerprint density at radius 2 is 2.13 bits per heavy atom. The third-order valence-corrected chi connectivity index (χ3v) is 5.36. The minimum Gasteiger partial charge on any atom is -0.372 e. The van der Waals surface area contributed by atoms with Crippen molar-refractivity contribution in [1.29, 1.82) is 0 Å². The second-order valence-electron chi connectivity index (χ2n) is 5.18. The summed E-state index contributed by atoms with van der Waals surface area (Å²) < 4.78 is 7.56. The molecule has 0 radical (unpaired) electrons. The van der Waals surface area contributed by atoms with Gasteiger partial charge in [0.25, 0.3) is 0 Å². The van der Waals surface area contributed by atoms with Crippen molar-refractivity contribution in [2.75, 3.05) is 6.61 Å². The van der Waals surface area contributed by atoms with E-state index in [1.54, 1.807) is 23.1 Å². The molecule has 1 atom stereocenters. The molecular weight excluding hydrogens is 330 g/mol. The van der Waals surface area contributed by atoms with Crippen LogP contribution in [0.5, 0.6) is 0 Å². The van der Waals surface area contributed by atoms with Crippen LogP contribution in [-0.2, 0) is 10.5 Å². The van der Waals surface area contributed by atoms with Crippen molar-refractivity contribution in [2.45, 2.75) is 44.7 Å². The number of hydrogen-bond donors (Lipinski definition) is 0. The van der Waals surface area contributed by atoms with Crippen molar-refractivity contribution in [1.82, 2.24) is 24.6 Å². The number of thioether (sulfide) groups is 1. The van der Waals surface area contributed by atoms with Crippen molar-refractivity contribution in [3.05, 3.63) is 33.7 Å².